The fourth-order valence-corrected chi connectivity index (χ4v) is 1.83. The molecule has 0 aromatic heterocycles. The topological polar surface area (TPSA) is 26.3 Å². The molecule has 2 aromatic rings. The quantitative estimate of drug-likeness (QED) is 0.768. The standard InChI is InChI=1S/C14H9ClF2O2/c1-8(18)11-4-3-10(7-12(11)15)19-14-5-2-9(16)6-13(14)17/h2-7H,1H3. The molecule has 0 N–H and O–H groups in total. The van der Waals surface area contributed by atoms with Crippen molar-refractivity contribution in [3.8, 4) is 11.5 Å². The lowest BCUT2D eigenvalue weighted by Gasteiger charge is -2.08. The predicted molar refractivity (Wildman–Crippen MR) is 67.9 cm³/mol. The molecule has 0 radical (unpaired) electrons. The van der Waals surface area contributed by atoms with Crippen LogP contribution in [0.5, 0.6) is 11.5 Å². The van der Waals surface area contributed by atoms with E-state index in [1.807, 2.05) is 0 Å². The zero-order valence-corrected chi connectivity index (χ0v) is 10.7. The minimum atomic E-state index is -0.813. The highest BCUT2D eigenvalue weighted by molar-refractivity contribution is 6.34. The first-order valence-corrected chi connectivity index (χ1v) is 5.78. The first-order valence-electron chi connectivity index (χ1n) is 5.41. The van der Waals surface area contributed by atoms with Crippen LogP contribution in [0.25, 0.3) is 0 Å². The van der Waals surface area contributed by atoms with E-state index in [0.29, 0.717) is 5.56 Å². The summed E-state index contributed by atoms with van der Waals surface area (Å²) < 4.78 is 31.4. The van der Waals surface area contributed by atoms with Crippen molar-refractivity contribution < 1.29 is 18.3 Å². The minimum Gasteiger partial charge on any atom is -0.454 e. The molecule has 0 atom stereocenters. The second-order valence-corrected chi connectivity index (χ2v) is 4.28. The van der Waals surface area contributed by atoms with Gasteiger partial charge in [-0.1, -0.05) is 11.6 Å². The zero-order valence-electron chi connectivity index (χ0n) is 9.91. The third-order valence-electron chi connectivity index (χ3n) is 2.44. The Bertz CT molecular complexity index is 641. The van der Waals surface area contributed by atoms with Gasteiger partial charge in [-0.2, -0.15) is 0 Å². The van der Waals surface area contributed by atoms with E-state index in [1.165, 1.54) is 31.2 Å². The van der Waals surface area contributed by atoms with Gasteiger partial charge >= 0.3 is 0 Å². The van der Waals surface area contributed by atoms with Crippen molar-refractivity contribution in [3.05, 3.63) is 58.6 Å². The molecule has 0 aliphatic heterocycles. The van der Waals surface area contributed by atoms with Crippen molar-refractivity contribution in [1.82, 2.24) is 0 Å². The summed E-state index contributed by atoms with van der Waals surface area (Å²) in [5.74, 6) is -1.53. The molecule has 0 heterocycles. The second-order valence-electron chi connectivity index (χ2n) is 3.87. The second kappa shape index (κ2) is 5.36. The first kappa shape index (κ1) is 13.5. The van der Waals surface area contributed by atoms with Crippen molar-refractivity contribution in [1.29, 1.82) is 0 Å². The molecule has 0 saturated heterocycles. The summed E-state index contributed by atoms with van der Waals surface area (Å²) in [7, 11) is 0. The van der Waals surface area contributed by atoms with Crippen LogP contribution in [0.2, 0.25) is 5.02 Å². The van der Waals surface area contributed by atoms with Crippen LogP contribution in [-0.2, 0) is 0 Å². The molecule has 0 spiro atoms. The Morgan fingerprint density at radius 1 is 1.16 bits per heavy atom. The monoisotopic (exact) mass is 282 g/mol. The number of carbonyl (C=O) groups is 1. The Labute approximate surface area is 113 Å². The fourth-order valence-electron chi connectivity index (χ4n) is 1.53. The molecule has 0 amide bonds. The van der Waals surface area contributed by atoms with Gasteiger partial charge in [-0.3, -0.25) is 4.79 Å². The lowest BCUT2D eigenvalue weighted by Crippen LogP contribution is -1.94. The number of benzene rings is 2. The van der Waals surface area contributed by atoms with E-state index in [0.717, 1.165) is 12.1 Å². The van der Waals surface area contributed by atoms with E-state index < -0.39 is 11.6 Å². The average molecular weight is 283 g/mol. The van der Waals surface area contributed by atoms with Crippen molar-refractivity contribution in [2.45, 2.75) is 6.92 Å². The van der Waals surface area contributed by atoms with Crippen molar-refractivity contribution in [2.24, 2.45) is 0 Å². The Hall–Kier alpha value is -1.94. The summed E-state index contributed by atoms with van der Waals surface area (Å²) in [6.45, 7) is 1.39. The van der Waals surface area contributed by atoms with E-state index >= 15 is 0 Å². The molecular weight excluding hydrogens is 274 g/mol. The molecule has 2 aromatic carbocycles. The number of ketones is 1. The van der Waals surface area contributed by atoms with Crippen LogP contribution >= 0.6 is 11.6 Å². The van der Waals surface area contributed by atoms with Gasteiger partial charge in [0.05, 0.1) is 5.02 Å². The third kappa shape index (κ3) is 3.09. The molecule has 0 aliphatic carbocycles. The molecule has 19 heavy (non-hydrogen) atoms. The Kier molecular flexibility index (Phi) is 3.81. The van der Waals surface area contributed by atoms with E-state index in [4.69, 9.17) is 16.3 Å². The largest absolute Gasteiger partial charge is 0.454 e. The smallest absolute Gasteiger partial charge is 0.168 e. The van der Waals surface area contributed by atoms with Gasteiger partial charge in [-0.15, -0.1) is 0 Å². The normalized spacial score (nSPS) is 10.3. The lowest BCUT2D eigenvalue weighted by atomic mass is 10.1. The molecular formula is C14H9ClF2O2. The highest BCUT2D eigenvalue weighted by Gasteiger charge is 2.10. The van der Waals surface area contributed by atoms with E-state index in [1.54, 1.807) is 0 Å². The number of halogens is 3. The van der Waals surface area contributed by atoms with Gasteiger partial charge in [-0.25, -0.2) is 8.78 Å². The van der Waals surface area contributed by atoms with Gasteiger partial charge in [-0.05, 0) is 31.2 Å². The molecule has 0 fully saturated rings. The summed E-state index contributed by atoms with van der Waals surface area (Å²) in [5.41, 5.74) is 0.355. The number of rotatable bonds is 3. The van der Waals surface area contributed by atoms with Crippen LogP contribution < -0.4 is 4.74 Å². The SMILES string of the molecule is CC(=O)c1ccc(Oc2ccc(F)cc2F)cc1Cl. The van der Waals surface area contributed by atoms with Crippen LogP contribution in [0.15, 0.2) is 36.4 Å². The van der Waals surface area contributed by atoms with Crippen LogP contribution in [0.1, 0.15) is 17.3 Å². The highest BCUT2D eigenvalue weighted by atomic mass is 35.5. The summed E-state index contributed by atoms with van der Waals surface area (Å²) in [6, 6.07) is 7.37. The Morgan fingerprint density at radius 2 is 1.89 bits per heavy atom. The predicted octanol–water partition coefficient (Wildman–Crippen LogP) is 4.61. The lowest BCUT2D eigenvalue weighted by molar-refractivity contribution is 0.101. The zero-order chi connectivity index (χ0) is 14.0. The molecule has 0 saturated carbocycles. The summed E-state index contributed by atoms with van der Waals surface area (Å²) in [5, 5.41) is 0.215. The number of hydrogen-bond donors (Lipinski definition) is 0. The van der Waals surface area contributed by atoms with Crippen LogP contribution in [0, 0.1) is 11.6 Å². The Morgan fingerprint density at radius 3 is 2.47 bits per heavy atom. The van der Waals surface area contributed by atoms with Gasteiger partial charge in [0, 0.05) is 17.7 Å². The molecule has 0 bridgehead atoms. The van der Waals surface area contributed by atoms with Gasteiger partial charge in [0.2, 0.25) is 0 Å². The molecule has 2 nitrogen and oxygen atoms in total. The summed E-state index contributed by atoms with van der Waals surface area (Å²) >= 11 is 5.90. The Balaban J connectivity index is 2.29. The summed E-state index contributed by atoms with van der Waals surface area (Å²) in [6.07, 6.45) is 0. The molecule has 2 rings (SSSR count). The van der Waals surface area contributed by atoms with Crippen molar-refractivity contribution in [3.63, 3.8) is 0 Å². The fraction of sp³-hybridized carbons (Fsp3) is 0.0714. The first-order chi connectivity index (χ1) is 8.97. The number of carbonyl (C=O) groups excluding carboxylic acids is 1. The van der Waals surface area contributed by atoms with Crippen LogP contribution in [-0.4, -0.2) is 5.78 Å². The van der Waals surface area contributed by atoms with Gasteiger partial charge in [0.25, 0.3) is 0 Å². The number of hydrogen-bond acceptors (Lipinski definition) is 2. The average Bonchev–Trinajstić information content (AvgIpc) is 2.32. The maximum Gasteiger partial charge on any atom is 0.168 e. The molecule has 98 valence electrons. The number of ether oxygens (including phenoxy) is 1. The van der Waals surface area contributed by atoms with Gasteiger partial charge < -0.3 is 4.74 Å². The van der Waals surface area contributed by atoms with Gasteiger partial charge in [0.15, 0.2) is 17.3 Å². The highest BCUT2D eigenvalue weighted by Crippen LogP contribution is 2.28. The third-order valence-corrected chi connectivity index (χ3v) is 2.75. The van der Waals surface area contributed by atoms with Crippen molar-refractivity contribution in [2.75, 3.05) is 0 Å². The molecule has 0 unspecified atom stereocenters. The van der Waals surface area contributed by atoms with E-state index in [9.17, 15) is 13.6 Å². The van der Waals surface area contributed by atoms with Crippen LogP contribution in [0.4, 0.5) is 8.78 Å². The van der Waals surface area contributed by atoms with Crippen LogP contribution in [0.3, 0.4) is 0 Å². The maximum atomic E-state index is 13.4. The van der Waals surface area contributed by atoms with Crippen molar-refractivity contribution >= 4 is 17.4 Å². The molecule has 5 heteroatoms. The van der Waals surface area contributed by atoms with E-state index in [-0.39, 0.29) is 22.3 Å². The molecule has 0 aliphatic rings. The van der Waals surface area contributed by atoms with E-state index in [2.05, 4.69) is 0 Å². The summed E-state index contributed by atoms with van der Waals surface area (Å²) in [4.78, 5) is 11.2. The van der Waals surface area contributed by atoms with Gasteiger partial charge in [0.1, 0.15) is 11.6 Å². The number of Topliss-reactive ketones (excluding diaryl/α,β-unsaturated/α-hetero) is 1. The maximum absolute atomic E-state index is 13.4. The minimum absolute atomic E-state index is 0.118.